The third kappa shape index (κ3) is 3.93. The Balaban J connectivity index is 1.68. The second kappa shape index (κ2) is 6.89. The van der Waals surface area contributed by atoms with Crippen LogP contribution in [0, 0.1) is 5.82 Å². The van der Waals surface area contributed by atoms with Crippen molar-refractivity contribution >= 4 is 22.4 Å². The molecule has 1 aliphatic carbocycles. The number of nitrogens with one attached hydrogen (secondary N) is 1. The maximum absolute atomic E-state index is 13.0. The molecule has 128 valence electrons. The molecule has 1 N–H and O–H groups in total. The summed E-state index contributed by atoms with van der Waals surface area (Å²) in [5.74, 6) is -0.156. The topological polar surface area (TPSA) is 51.2 Å². The number of nitrogens with zero attached hydrogens (tertiary/aromatic N) is 1. The van der Waals surface area contributed by atoms with E-state index in [-0.39, 0.29) is 11.7 Å². The number of fused-ring (bicyclic) bond motifs is 1. The first-order chi connectivity index (χ1) is 11.4. The van der Waals surface area contributed by atoms with E-state index < -0.39 is 5.60 Å². The lowest BCUT2D eigenvalue weighted by atomic mass is 10.1. The van der Waals surface area contributed by atoms with Gasteiger partial charge in [0.25, 0.3) is 5.91 Å². The van der Waals surface area contributed by atoms with Crippen LogP contribution < -0.4 is 10.1 Å². The molecular weight excluding hydrogens is 327 g/mol. The van der Waals surface area contributed by atoms with E-state index in [1.54, 1.807) is 25.2 Å². The third-order valence-electron chi connectivity index (χ3n) is 4.05. The zero-order valence-electron chi connectivity index (χ0n) is 13.9. The maximum atomic E-state index is 13.0. The first-order valence-electron chi connectivity index (χ1n) is 8.19. The predicted molar refractivity (Wildman–Crippen MR) is 93.1 cm³/mol. The van der Waals surface area contributed by atoms with Gasteiger partial charge in [-0.05, 0) is 63.8 Å². The number of hydrogen-bond donors (Lipinski definition) is 1. The summed E-state index contributed by atoms with van der Waals surface area (Å²) in [7, 11) is 0. The molecule has 0 radical (unpaired) electrons. The van der Waals surface area contributed by atoms with Gasteiger partial charge in [0.1, 0.15) is 11.6 Å². The average Bonchev–Trinajstić information content (AvgIpc) is 2.78. The van der Waals surface area contributed by atoms with Crippen molar-refractivity contribution in [3.8, 4) is 5.75 Å². The lowest BCUT2D eigenvalue weighted by molar-refractivity contribution is -0.128. The van der Waals surface area contributed by atoms with Gasteiger partial charge < -0.3 is 4.74 Å². The van der Waals surface area contributed by atoms with Crippen LogP contribution in [0.15, 0.2) is 24.3 Å². The van der Waals surface area contributed by atoms with Crippen molar-refractivity contribution < 1.29 is 13.9 Å². The SMILES string of the molecule is CC(C)(Oc1ccc(F)cc1)C(=O)Nc1nc2c(s1)CCCCC2. The van der Waals surface area contributed by atoms with Crippen LogP contribution in [-0.2, 0) is 17.6 Å². The molecule has 1 aliphatic rings. The molecule has 1 heterocycles. The van der Waals surface area contributed by atoms with Crippen LogP contribution in [0.3, 0.4) is 0 Å². The molecule has 0 atom stereocenters. The summed E-state index contributed by atoms with van der Waals surface area (Å²) in [6, 6.07) is 5.63. The smallest absolute Gasteiger partial charge is 0.269 e. The lowest BCUT2D eigenvalue weighted by Crippen LogP contribution is -2.42. The number of amides is 1. The Hall–Kier alpha value is -1.95. The number of rotatable bonds is 4. The fourth-order valence-corrected chi connectivity index (χ4v) is 3.72. The summed E-state index contributed by atoms with van der Waals surface area (Å²) in [5.41, 5.74) is 0.0333. The molecule has 1 aromatic heterocycles. The number of ether oxygens (including phenoxy) is 1. The van der Waals surface area contributed by atoms with Gasteiger partial charge in [0.05, 0.1) is 5.69 Å². The highest BCUT2D eigenvalue weighted by Crippen LogP contribution is 2.29. The van der Waals surface area contributed by atoms with Gasteiger partial charge in [-0.15, -0.1) is 11.3 Å². The van der Waals surface area contributed by atoms with E-state index in [4.69, 9.17) is 4.74 Å². The molecule has 0 fully saturated rings. The van der Waals surface area contributed by atoms with Crippen molar-refractivity contribution in [2.45, 2.75) is 51.6 Å². The van der Waals surface area contributed by atoms with Crippen LogP contribution >= 0.6 is 11.3 Å². The molecule has 0 saturated carbocycles. The Bertz CT molecular complexity index is 702. The number of aromatic nitrogens is 1. The number of carbonyl (C=O) groups excluding carboxylic acids is 1. The number of thiazole rings is 1. The number of halogens is 1. The standard InChI is InChI=1S/C18H21FN2O2S/c1-18(2,23-13-10-8-12(19)9-11-13)16(22)21-17-20-14-6-4-3-5-7-15(14)24-17/h8-11H,3-7H2,1-2H3,(H,20,21,22). The first kappa shape index (κ1) is 16.9. The highest BCUT2D eigenvalue weighted by atomic mass is 32.1. The number of carbonyl (C=O) groups is 1. The van der Waals surface area contributed by atoms with Crippen molar-refractivity contribution in [1.82, 2.24) is 4.98 Å². The predicted octanol–water partition coefficient (Wildman–Crippen LogP) is 4.35. The highest BCUT2D eigenvalue weighted by molar-refractivity contribution is 7.15. The number of benzene rings is 1. The minimum atomic E-state index is -1.08. The molecule has 2 aromatic rings. The monoisotopic (exact) mass is 348 g/mol. The van der Waals surface area contributed by atoms with Crippen LogP contribution in [0.2, 0.25) is 0 Å². The molecule has 1 aromatic carbocycles. The van der Waals surface area contributed by atoms with E-state index in [9.17, 15) is 9.18 Å². The molecule has 4 nitrogen and oxygen atoms in total. The molecule has 0 saturated heterocycles. The van der Waals surface area contributed by atoms with Crippen molar-refractivity contribution in [1.29, 1.82) is 0 Å². The van der Waals surface area contributed by atoms with Crippen LogP contribution in [0.5, 0.6) is 5.75 Å². The van der Waals surface area contributed by atoms with Gasteiger partial charge in [-0.1, -0.05) is 6.42 Å². The Morgan fingerprint density at radius 3 is 2.67 bits per heavy atom. The van der Waals surface area contributed by atoms with Crippen LogP contribution in [0.1, 0.15) is 43.7 Å². The fraction of sp³-hybridized carbons (Fsp3) is 0.444. The minimum Gasteiger partial charge on any atom is -0.478 e. The number of aryl methyl sites for hydroxylation is 2. The van der Waals surface area contributed by atoms with E-state index in [0.29, 0.717) is 10.9 Å². The zero-order chi connectivity index (χ0) is 17.2. The van der Waals surface area contributed by atoms with Crippen LogP contribution in [-0.4, -0.2) is 16.5 Å². The first-order valence-corrected chi connectivity index (χ1v) is 9.00. The van der Waals surface area contributed by atoms with E-state index in [1.165, 1.54) is 42.0 Å². The van der Waals surface area contributed by atoms with Crippen molar-refractivity contribution in [2.24, 2.45) is 0 Å². The third-order valence-corrected chi connectivity index (χ3v) is 5.12. The zero-order valence-corrected chi connectivity index (χ0v) is 14.7. The summed E-state index contributed by atoms with van der Waals surface area (Å²) in [5, 5.41) is 3.49. The van der Waals surface area contributed by atoms with Gasteiger partial charge in [-0.2, -0.15) is 0 Å². The Morgan fingerprint density at radius 2 is 1.92 bits per heavy atom. The molecule has 3 rings (SSSR count). The second-order valence-corrected chi connectivity index (χ2v) is 7.55. The molecule has 6 heteroatoms. The summed E-state index contributed by atoms with van der Waals surface area (Å²) in [6.45, 7) is 3.37. The fourth-order valence-electron chi connectivity index (χ4n) is 2.67. The summed E-state index contributed by atoms with van der Waals surface area (Å²) >= 11 is 1.55. The van der Waals surface area contributed by atoms with E-state index in [0.717, 1.165) is 25.0 Å². The molecule has 24 heavy (non-hydrogen) atoms. The van der Waals surface area contributed by atoms with E-state index in [1.807, 2.05) is 0 Å². The van der Waals surface area contributed by atoms with Gasteiger partial charge in [-0.3, -0.25) is 10.1 Å². The van der Waals surface area contributed by atoms with Gasteiger partial charge in [0.15, 0.2) is 10.7 Å². The molecular formula is C18H21FN2O2S. The van der Waals surface area contributed by atoms with Crippen molar-refractivity contribution in [3.63, 3.8) is 0 Å². The summed E-state index contributed by atoms with van der Waals surface area (Å²) < 4.78 is 18.7. The maximum Gasteiger partial charge on any atom is 0.269 e. The van der Waals surface area contributed by atoms with E-state index in [2.05, 4.69) is 10.3 Å². The average molecular weight is 348 g/mol. The Labute approximate surface area is 145 Å². The van der Waals surface area contributed by atoms with Crippen LogP contribution in [0.4, 0.5) is 9.52 Å². The second-order valence-electron chi connectivity index (χ2n) is 6.47. The largest absolute Gasteiger partial charge is 0.478 e. The Morgan fingerprint density at radius 1 is 1.21 bits per heavy atom. The molecule has 1 amide bonds. The number of hydrogen-bond acceptors (Lipinski definition) is 4. The van der Waals surface area contributed by atoms with Crippen LogP contribution in [0.25, 0.3) is 0 Å². The molecule has 0 unspecified atom stereocenters. The molecule has 0 spiro atoms. The van der Waals surface area contributed by atoms with Gasteiger partial charge in [0, 0.05) is 4.88 Å². The van der Waals surface area contributed by atoms with Gasteiger partial charge in [0.2, 0.25) is 0 Å². The normalized spacial score (nSPS) is 14.6. The molecule has 0 aliphatic heterocycles. The summed E-state index contributed by atoms with van der Waals surface area (Å²) in [4.78, 5) is 18.4. The lowest BCUT2D eigenvalue weighted by Gasteiger charge is -2.24. The van der Waals surface area contributed by atoms with Crippen molar-refractivity contribution in [2.75, 3.05) is 5.32 Å². The van der Waals surface area contributed by atoms with Gasteiger partial charge >= 0.3 is 0 Å². The highest BCUT2D eigenvalue weighted by Gasteiger charge is 2.31. The number of anilines is 1. The Kier molecular flexibility index (Phi) is 4.85. The minimum absolute atomic E-state index is 0.268. The van der Waals surface area contributed by atoms with E-state index >= 15 is 0 Å². The summed E-state index contributed by atoms with van der Waals surface area (Å²) in [6.07, 6.45) is 5.60. The van der Waals surface area contributed by atoms with Crippen molar-refractivity contribution in [3.05, 3.63) is 40.7 Å². The van der Waals surface area contributed by atoms with Gasteiger partial charge in [-0.25, -0.2) is 9.37 Å². The molecule has 0 bridgehead atoms. The quantitative estimate of drug-likeness (QED) is 0.836.